The van der Waals surface area contributed by atoms with Gasteiger partial charge in [-0.1, -0.05) is 20.8 Å². The molecule has 2 unspecified atom stereocenters. The van der Waals surface area contributed by atoms with Crippen LogP contribution in [0.3, 0.4) is 0 Å². The summed E-state index contributed by atoms with van der Waals surface area (Å²) in [6.07, 6.45) is 2.77. The molecule has 0 aromatic heterocycles. The molecule has 0 aromatic rings. The number of carbonyl (C=O) groups excluding carboxylic acids is 1. The van der Waals surface area contributed by atoms with E-state index in [1.54, 1.807) is 6.92 Å². The molecule has 0 rings (SSSR count). The van der Waals surface area contributed by atoms with Crippen molar-refractivity contribution in [2.45, 2.75) is 65.5 Å². The van der Waals surface area contributed by atoms with Crippen LogP contribution in [0.4, 0.5) is 0 Å². The van der Waals surface area contributed by atoms with Gasteiger partial charge in [-0.2, -0.15) is 0 Å². The van der Waals surface area contributed by atoms with Gasteiger partial charge in [-0.15, -0.1) is 0 Å². The van der Waals surface area contributed by atoms with Crippen molar-refractivity contribution in [1.82, 2.24) is 10.2 Å². The summed E-state index contributed by atoms with van der Waals surface area (Å²) in [7, 11) is 0. The first-order valence-corrected chi connectivity index (χ1v) is 7.19. The van der Waals surface area contributed by atoms with E-state index in [1.807, 2.05) is 13.8 Å². The number of nitrogens with one attached hydrogen (secondary N) is 1. The van der Waals surface area contributed by atoms with Crippen LogP contribution in [0.2, 0.25) is 0 Å². The fourth-order valence-electron chi connectivity index (χ4n) is 1.78. The van der Waals surface area contributed by atoms with E-state index >= 15 is 0 Å². The summed E-state index contributed by atoms with van der Waals surface area (Å²) < 4.78 is 0. The lowest BCUT2D eigenvalue weighted by atomic mass is 9.99. The van der Waals surface area contributed by atoms with Crippen molar-refractivity contribution in [2.75, 3.05) is 19.6 Å². The molecule has 0 fully saturated rings. The molecule has 18 heavy (non-hydrogen) atoms. The van der Waals surface area contributed by atoms with Crippen LogP contribution in [0.5, 0.6) is 0 Å². The zero-order chi connectivity index (χ0) is 14.2. The van der Waals surface area contributed by atoms with E-state index in [2.05, 4.69) is 24.1 Å². The molecule has 3 N–H and O–H groups in total. The Bertz CT molecular complexity index is 237. The SMILES string of the molecule is CCN(CC)CCCC(C)NC(=O)C(C)(N)CC. The number of rotatable bonds is 9. The van der Waals surface area contributed by atoms with Gasteiger partial charge in [-0.3, -0.25) is 4.79 Å². The third-order valence-corrected chi connectivity index (χ3v) is 3.64. The molecule has 108 valence electrons. The van der Waals surface area contributed by atoms with Crippen LogP contribution in [-0.2, 0) is 4.79 Å². The summed E-state index contributed by atoms with van der Waals surface area (Å²) in [6, 6.07) is 0.197. The molecule has 0 heterocycles. The van der Waals surface area contributed by atoms with Gasteiger partial charge in [-0.25, -0.2) is 0 Å². The highest BCUT2D eigenvalue weighted by atomic mass is 16.2. The minimum atomic E-state index is -0.743. The summed E-state index contributed by atoms with van der Waals surface area (Å²) in [5.74, 6) is -0.0414. The molecule has 0 aliphatic carbocycles. The van der Waals surface area contributed by atoms with Gasteiger partial charge >= 0.3 is 0 Å². The van der Waals surface area contributed by atoms with Crippen molar-refractivity contribution < 1.29 is 4.79 Å². The molecule has 0 spiro atoms. The highest BCUT2D eigenvalue weighted by Crippen LogP contribution is 2.06. The third-order valence-electron chi connectivity index (χ3n) is 3.64. The Labute approximate surface area is 112 Å². The first-order chi connectivity index (χ1) is 8.37. The van der Waals surface area contributed by atoms with E-state index < -0.39 is 5.54 Å². The number of hydrogen-bond acceptors (Lipinski definition) is 3. The molecule has 0 aromatic carbocycles. The van der Waals surface area contributed by atoms with Gasteiger partial charge in [0.15, 0.2) is 0 Å². The maximum Gasteiger partial charge on any atom is 0.239 e. The first kappa shape index (κ1) is 17.4. The summed E-state index contributed by atoms with van der Waals surface area (Å²) in [6.45, 7) is 13.4. The zero-order valence-corrected chi connectivity index (χ0v) is 12.8. The molecule has 4 heteroatoms. The highest BCUT2D eigenvalue weighted by Gasteiger charge is 2.26. The normalized spacial score (nSPS) is 16.4. The summed E-state index contributed by atoms with van der Waals surface area (Å²) in [5.41, 5.74) is 5.16. The summed E-state index contributed by atoms with van der Waals surface area (Å²) in [4.78, 5) is 14.3. The maximum absolute atomic E-state index is 11.9. The minimum Gasteiger partial charge on any atom is -0.352 e. The van der Waals surface area contributed by atoms with Crippen LogP contribution in [0, 0.1) is 0 Å². The van der Waals surface area contributed by atoms with E-state index in [0.29, 0.717) is 6.42 Å². The van der Waals surface area contributed by atoms with E-state index in [4.69, 9.17) is 5.73 Å². The van der Waals surface area contributed by atoms with Gasteiger partial charge in [-0.05, 0) is 52.7 Å². The van der Waals surface area contributed by atoms with Crippen molar-refractivity contribution in [1.29, 1.82) is 0 Å². The Balaban J connectivity index is 3.91. The van der Waals surface area contributed by atoms with Gasteiger partial charge in [0.1, 0.15) is 0 Å². The van der Waals surface area contributed by atoms with Crippen molar-refractivity contribution in [2.24, 2.45) is 5.73 Å². The Kier molecular flexibility index (Phi) is 8.20. The molecule has 0 radical (unpaired) electrons. The smallest absolute Gasteiger partial charge is 0.239 e. The van der Waals surface area contributed by atoms with E-state index in [1.165, 1.54) is 0 Å². The quantitative estimate of drug-likeness (QED) is 0.661. The second-order valence-electron chi connectivity index (χ2n) is 5.31. The Morgan fingerprint density at radius 1 is 1.33 bits per heavy atom. The predicted octanol–water partition coefficient (Wildman–Crippen LogP) is 1.74. The Morgan fingerprint density at radius 2 is 1.89 bits per heavy atom. The lowest BCUT2D eigenvalue weighted by Crippen LogP contribution is -2.53. The molecule has 2 atom stereocenters. The predicted molar refractivity (Wildman–Crippen MR) is 77.5 cm³/mol. The monoisotopic (exact) mass is 257 g/mol. The number of hydrogen-bond donors (Lipinski definition) is 2. The lowest BCUT2D eigenvalue weighted by molar-refractivity contribution is -0.126. The second-order valence-corrected chi connectivity index (χ2v) is 5.31. The fourth-order valence-corrected chi connectivity index (χ4v) is 1.78. The van der Waals surface area contributed by atoms with Crippen LogP contribution in [0.1, 0.15) is 53.9 Å². The van der Waals surface area contributed by atoms with Crippen molar-refractivity contribution in [3.05, 3.63) is 0 Å². The molecule has 0 saturated carbocycles. The third kappa shape index (κ3) is 6.36. The molecular formula is C14H31N3O. The molecule has 4 nitrogen and oxygen atoms in total. The van der Waals surface area contributed by atoms with Crippen LogP contribution in [-0.4, -0.2) is 42.0 Å². The Morgan fingerprint density at radius 3 is 2.33 bits per heavy atom. The van der Waals surface area contributed by atoms with Crippen LogP contribution in [0.25, 0.3) is 0 Å². The molecular weight excluding hydrogens is 226 g/mol. The molecule has 0 aliphatic heterocycles. The van der Waals surface area contributed by atoms with Crippen molar-refractivity contribution >= 4 is 5.91 Å². The maximum atomic E-state index is 11.9. The largest absolute Gasteiger partial charge is 0.352 e. The standard InChI is InChI=1S/C14H31N3O/c1-6-14(5,15)13(18)16-12(4)10-9-11-17(7-2)8-3/h12H,6-11,15H2,1-5H3,(H,16,18). The molecule has 1 amide bonds. The van der Waals surface area contributed by atoms with E-state index in [9.17, 15) is 4.79 Å². The van der Waals surface area contributed by atoms with E-state index in [-0.39, 0.29) is 11.9 Å². The second kappa shape index (κ2) is 8.48. The van der Waals surface area contributed by atoms with Gasteiger partial charge < -0.3 is 16.0 Å². The van der Waals surface area contributed by atoms with E-state index in [0.717, 1.165) is 32.5 Å². The van der Waals surface area contributed by atoms with Gasteiger partial charge in [0.2, 0.25) is 5.91 Å². The average Bonchev–Trinajstić information content (AvgIpc) is 2.34. The zero-order valence-electron chi connectivity index (χ0n) is 12.8. The number of nitrogens with zero attached hydrogens (tertiary/aromatic N) is 1. The molecule has 0 bridgehead atoms. The average molecular weight is 257 g/mol. The molecule has 0 aliphatic rings. The summed E-state index contributed by atoms with van der Waals surface area (Å²) >= 11 is 0. The summed E-state index contributed by atoms with van der Waals surface area (Å²) in [5, 5.41) is 3.00. The fraction of sp³-hybridized carbons (Fsp3) is 0.929. The highest BCUT2D eigenvalue weighted by molar-refractivity contribution is 5.85. The first-order valence-electron chi connectivity index (χ1n) is 7.19. The van der Waals surface area contributed by atoms with Gasteiger partial charge in [0.25, 0.3) is 0 Å². The van der Waals surface area contributed by atoms with Crippen LogP contribution < -0.4 is 11.1 Å². The minimum absolute atomic E-state index is 0.0414. The number of carbonyl (C=O) groups is 1. The van der Waals surface area contributed by atoms with Gasteiger partial charge in [0, 0.05) is 6.04 Å². The topological polar surface area (TPSA) is 58.4 Å². The van der Waals surface area contributed by atoms with Crippen LogP contribution in [0.15, 0.2) is 0 Å². The van der Waals surface area contributed by atoms with Crippen molar-refractivity contribution in [3.8, 4) is 0 Å². The molecule has 0 saturated heterocycles. The Hall–Kier alpha value is -0.610. The number of nitrogens with two attached hydrogens (primary N) is 1. The van der Waals surface area contributed by atoms with Gasteiger partial charge in [0.05, 0.1) is 5.54 Å². The lowest BCUT2D eigenvalue weighted by Gasteiger charge is -2.25. The van der Waals surface area contributed by atoms with Crippen molar-refractivity contribution in [3.63, 3.8) is 0 Å². The van der Waals surface area contributed by atoms with Crippen LogP contribution >= 0.6 is 0 Å². The number of amides is 1.